The molecular weight excluding hydrogens is 419 g/mol. The first-order chi connectivity index (χ1) is 14.3. The zero-order valence-corrected chi connectivity index (χ0v) is 21.5. The monoisotopic (exact) mass is 452 g/mol. The number of hydrogen-bond acceptors (Lipinski definition) is 0. The van der Waals surface area contributed by atoms with Gasteiger partial charge in [0.1, 0.15) is 0 Å². The summed E-state index contributed by atoms with van der Waals surface area (Å²) in [7, 11) is 0. The topological polar surface area (TPSA) is 0 Å². The van der Waals surface area contributed by atoms with Gasteiger partial charge in [0.15, 0.2) is 0 Å². The highest BCUT2D eigenvalue weighted by atomic mass is 35.5. The molecule has 0 aliphatic heterocycles. The van der Waals surface area contributed by atoms with E-state index in [1.54, 1.807) is 0 Å². The Morgan fingerprint density at radius 1 is 0.548 bits per heavy atom. The van der Waals surface area contributed by atoms with Gasteiger partial charge < -0.3 is 0 Å². The van der Waals surface area contributed by atoms with Gasteiger partial charge in [-0.15, -0.1) is 0 Å². The minimum Gasteiger partial charge on any atom is -0.0881 e. The molecule has 2 heteroatoms. The van der Waals surface area contributed by atoms with E-state index < -0.39 is 0 Å². The lowest BCUT2D eigenvalue weighted by atomic mass is 9.66. The van der Waals surface area contributed by atoms with Crippen molar-refractivity contribution in [1.82, 2.24) is 0 Å². The highest BCUT2D eigenvalue weighted by Crippen LogP contribution is 2.65. The Hall–Kier alpha value is -1.50. The molecule has 2 aliphatic rings. The molecule has 2 aromatic carbocycles. The van der Waals surface area contributed by atoms with Crippen molar-refractivity contribution in [3.05, 3.63) is 80.8 Å². The zero-order valence-electron chi connectivity index (χ0n) is 20.0. The minimum atomic E-state index is -0.194. The van der Waals surface area contributed by atoms with Crippen LogP contribution in [0.5, 0.6) is 0 Å². The van der Waals surface area contributed by atoms with E-state index in [1.807, 2.05) is 0 Å². The average Bonchev–Trinajstić information content (AvgIpc) is 3.11. The molecule has 0 saturated heterocycles. The molecule has 4 rings (SSSR count). The molecule has 164 valence electrons. The average molecular weight is 453 g/mol. The predicted octanol–water partition coefficient (Wildman–Crippen LogP) is 9.60. The summed E-state index contributed by atoms with van der Waals surface area (Å²) in [6.45, 7) is 18.2. The van der Waals surface area contributed by atoms with Gasteiger partial charge in [-0.25, -0.2) is 0 Å². The Labute approximate surface area is 198 Å². The van der Waals surface area contributed by atoms with E-state index in [1.165, 1.54) is 33.4 Å². The maximum atomic E-state index is 7.28. The lowest BCUT2D eigenvalue weighted by Crippen LogP contribution is -2.29. The Balaban J connectivity index is 1.96. The summed E-state index contributed by atoms with van der Waals surface area (Å²) in [6.07, 6.45) is 0. The summed E-state index contributed by atoms with van der Waals surface area (Å²) in [6, 6.07) is 17.5. The molecule has 0 N–H and O–H groups in total. The van der Waals surface area contributed by atoms with Crippen molar-refractivity contribution in [3.63, 3.8) is 0 Å². The Bertz CT molecular complexity index is 1010. The highest BCUT2D eigenvalue weighted by Gasteiger charge is 2.51. The van der Waals surface area contributed by atoms with Crippen LogP contribution < -0.4 is 0 Å². The van der Waals surface area contributed by atoms with Crippen LogP contribution >= 0.6 is 23.2 Å². The maximum Gasteiger partial charge on any atom is 0.0305 e. The van der Waals surface area contributed by atoms with Gasteiger partial charge >= 0.3 is 0 Å². The summed E-state index contributed by atoms with van der Waals surface area (Å²) in [5.74, 6) is 0.205. The van der Waals surface area contributed by atoms with Crippen LogP contribution in [0, 0.1) is 16.2 Å². The fourth-order valence-corrected chi connectivity index (χ4v) is 7.49. The van der Waals surface area contributed by atoms with Crippen molar-refractivity contribution >= 4 is 34.3 Å². The molecule has 0 heterocycles. The van der Waals surface area contributed by atoms with Gasteiger partial charge in [0.05, 0.1) is 0 Å². The second-order valence-corrected chi connectivity index (χ2v) is 12.6. The number of halogens is 2. The van der Waals surface area contributed by atoms with Crippen LogP contribution in [0.3, 0.4) is 0 Å². The fraction of sp³-hybridized carbons (Fsp3) is 0.448. The molecule has 2 aromatic rings. The van der Waals surface area contributed by atoms with Crippen LogP contribution in [-0.2, 0) is 0 Å². The second-order valence-electron chi connectivity index (χ2n) is 11.8. The van der Waals surface area contributed by atoms with Gasteiger partial charge in [-0.1, -0.05) is 127 Å². The molecule has 2 atom stereocenters. The largest absolute Gasteiger partial charge is 0.0881 e. The zero-order chi connectivity index (χ0) is 22.9. The van der Waals surface area contributed by atoms with Crippen LogP contribution in [0.1, 0.15) is 89.5 Å². The van der Waals surface area contributed by atoms with Crippen LogP contribution in [-0.4, -0.2) is 0 Å². The number of allylic oxidation sites excluding steroid dienone is 4. The smallest absolute Gasteiger partial charge is 0.0305 e. The predicted molar refractivity (Wildman–Crippen MR) is 137 cm³/mol. The summed E-state index contributed by atoms with van der Waals surface area (Å²) in [5, 5.41) is 1.95. The molecule has 0 bridgehead atoms. The molecule has 2 aliphatic carbocycles. The summed E-state index contributed by atoms with van der Waals surface area (Å²) in [4.78, 5) is 0. The highest BCUT2D eigenvalue weighted by molar-refractivity contribution is 6.35. The van der Waals surface area contributed by atoms with Crippen LogP contribution in [0.4, 0.5) is 0 Å². The van der Waals surface area contributed by atoms with Gasteiger partial charge in [0, 0.05) is 21.9 Å². The van der Waals surface area contributed by atoms with E-state index in [2.05, 4.69) is 104 Å². The molecular formula is C29H34Cl2. The van der Waals surface area contributed by atoms with E-state index in [0.717, 1.165) is 10.1 Å². The van der Waals surface area contributed by atoms with Crippen LogP contribution in [0.2, 0.25) is 0 Å². The molecule has 0 aromatic heterocycles. The number of benzene rings is 2. The van der Waals surface area contributed by atoms with Crippen molar-refractivity contribution < 1.29 is 0 Å². The third kappa shape index (κ3) is 3.42. The number of hydrogen-bond donors (Lipinski definition) is 0. The molecule has 0 nitrogen and oxygen atoms in total. The Morgan fingerprint density at radius 3 is 1.19 bits per heavy atom. The first kappa shape index (κ1) is 22.7. The van der Waals surface area contributed by atoms with Crippen molar-refractivity contribution in [1.29, 1.82) is 0 Å². The summed E-state index contributed by atoms with van der Waals surface area (Å²) < 4.78 is 0. The fourth-order valence-electron chi connectivity index (χ4n) is 5.92. The first-order valence-electron chi connectivity index (χ1n) is 11.3. The lowest BCUT2D eigenvalue weighted by Gasteiger charge is -2.39. The molecule has 0 fully saturated rings. The normalized spacial score (nSPS) is 21.6. The third-order valence-corrected chi connectivity index (χ3v) is 7.87. The van der Waals surface area contributed by atoms with Crippen molar-refractivity contribution in [2.24, 2.45) is 16.2 Å². The number of rotatable bonds is 2. The third-order valence-electron chi connectivity index (χ3n) is 7.05. The van der Waals surface area contributed by atoms with E-state index in [9.17, 15) is 0 Å². The van der Waals surface area contributed by atoms with Crippen LogP contribution in [0.15, 0.2) is 58.6 Å². The lowest BCUT2D eigenvalue weighted by molar-refractivity contribution is 0.285. The molecule has 31 heavy (non-hydrogen) atoms. The molecule has 0 spiro atoms. The first-order valence-corrected chi connectivity index (χ1v) is 12.0. The molecule has 0 amide bonds. The van der Waals surface area contributed by atoms with E-state index in [4.69, 9.17) is 23.2 Å². The molecule has 0 radical (unpaired) electrons. The molecule has 2 unspecified atom stereocenters. The van der Waals surface area contributed by atoms with Crippen LogP contribution in [0.25, 0.3) is 11.1 Å². The maximum absolute atomic E-state index is 7.28. The Kier molecular flexibility index (Phi) is 5.31. The summed E-state index contributed by atoms with van der Waals surface area (Å²) in [5.41, 5.74) is 7.53. The van der Waals surface area contributed by atoms with Crippen molar-refractivity contribution in [2.45, 2.75) is 67.2 Å². The van der Waals surface area contributed by atoms with E-state index >= 15 is 0 Å². The number of fused-ring (bicyclic) bond motifs is 2. The van der Waals surface area contributed by atoms with Gasteiger partial charge in [-0.3, -0.25) is 0 Å². The second kappa shape index (κ2) is 7.26. The van der Waals surface area contributed by atoms with E-state index in [-0.39, 0.29) is 28.1 Å². The van der Waals surface area contributed by atoms with E-state index in [0.29, 0.717) is 0 Å². The minimum absolute atomic E-state index is 0.0260. The standard InChI is InChI=1S/C29H34Cl2/c1-27(2,3)21-17-13-9-11-15-19(17)23(25(21)30)29(7,8)24-20-16-12-10-14-18(20)22(26(24)31)28(4,5)6/h9-16,23-24H,1-8H3. The van der Waals surface area contributed by atoms with Gasteiger partial charge in [-0.2, -0.15) is 0 Å². The SMILES string of the molecule is CC(C)(C)C1=C(Cl)C(C(C)(C)C2C(Cl)=C(C(C)(C)C)c3ccccc32)c2ccccc21. The Morgan fingerprint density at radius 2 is 0.871 bits per heavy atom. The molecule has 0 saturated carbocycles. The summed E-state index contributed by atoms with van der Waals surface area (Å²) >= 11 is 14.6. The quantitative estimate of drug-likeness (QED) is 0.425. The van der Waals surface area contributed by atoms with Crippen molar-refractivity contribution in [3.8, 4) is 0 Å². The van der Waals surface area contributed by atoms with Crippen molar-refractivity contribution in [2.75, 3.05) is 0 Å². The van der Waals surface area contributed by atoms with Gasteiger partial charge in [-0.05, 0) is 49.6 Å². The van der Waals surface area contributed by atoms with Gasteiger partial charge in [0.2, 0.25) is 0 Å². The van der Waals surface area contributed by atoms with Gasteiger partial charge in [0.25, 0.3) is 0 Å².